The average molecular weight is 201 g/mol. The van der Waals surface area contributed by atoms with Crippen molar-refractivity contribution in [1.29, 1.82) is 0 Å². The average Bonchev–Trinajstić information content (AvgIpc) is 2.10. The van der Waals surface area contributed by atoms with Crippen LogP contribution in [0.3, 0.4) is 0 Å². The molecule has 1 saturated heterocycles. The summed E-state index contributed by atoms with van der Waals surface area (Å²) < 4.78 is 24.8. The number of hydrogen-bond acceptors (Lipinski definition) is 2. The Balaban J connectivity index is 0.00000121. The number of alkyl halides is 2. The first kappa shape index (κ1) is 12.1. The van der Waals surface area contributed by atoms with Crippen molar-refractivity contribution in [2.45, 2.75) is 25.3 Å². The molecule has 1 fully saturated rings. The van der Waals surface area contributed by atoms with Crippen LogP contribution in [0.2, 0.25) is 0 Å². The molecule has 0 amide bonds. The third-order valence-electron chi connectivity index (χ3n) is 1.81. The summed E-state index contributed by atoms with van der Waals surface area (Å²) in [7, 11) is 0. The van der Waals surface area contributed by atoms with Gasteiger partial charge in [0.15, 0.2) is 0 Å². The van der Waals surface area contributed by atoms with Crippen molar-refractivity contribution in [3.63, 3.8) is 0 Å². The Hall–Kier alpha value is 0.0700. The highest BCUT2D eigenvalue weighted by Gasteiger charge is 2.28. The van der Waals surface area contributed by atoms with E-state index in [0.29, 0.717) is 13.1 Å². The van der Waals surface area contributed by atoms with Gasteiger partial charge in [0.2, 0.25) is 0 Å². The van der Waals surface area contributed by atoms with Crippen molar-refractivity contribution in [2.75, 3.05) is 19.6 Å². The van der Waals surface area contributed by atoms with Gasteiger partial charge in [-0.15, -0.1) is 12.4 Å². The predicted octanol–water partition coefficient (Wildman–Crippen LogP) is 1.10. The molecule has 2 N–H and O–H groups in total. The lowest BCUT2D eigenvalue weighted by atomic mass is 10.3. The molecule has 1 heterocycles. The Morgan fingerprint density at radius 1 is 1.58 bits per heavy atom. The zero-order valence-electron chi connectivity index (χ0n) is 7.09. The minimum atomic E-state index is -2.58. The zero-order chi connectivity index (χ0) is 8.48. The van der Waals surface area contributed by atoms with Gasteiger partial charge >= 0.3 is 0 Å². The minimum absolute atomic E-state index is 0. The van der Waals surface area contributed by atoms with Crippen molar-refractivity contribution in [3.05, 3.63) is 0 Å². The highest BCUT2D eigenvalue weighted by atomic mass is 35.5. The third kappa shape index (κ3) is 4.18. The largest absolute Gasteiger partial charge is 0.326 e. The molecule has 0 spiro atoms. The van der Waals surface area contributed by atoms with E-state index >= 15 is 0 Å². The van der Waals surface area contributed by atoms with Gasteiger partial charge in [0.1, 0.15) is 0 Å². The lowest BCUT2D eigenvalue weighted by Gasteiger charge is -2.19. The quantitative estimate of drug-likeness (QED) is 0.724. The Labute approximate surface area is 77.5 Å². The number of nitrogens with two attached hydrogens (primary N) is 1. The van der Waals surface area contributed by atoms with E-state index in [4.69, 9.17) is 5.73 Å². The van der Waals surface area contributed by atoms with E-state index in [9.17, 15) is 8.78 Å². The van der Waals surface area contributed by atoms with Crippen LogP contribution in [-0.4, -0.2) is 36.5 Å². The molecule has 0 radical (unpaired) electrons. The van der Waals surface area contributed by atoms with E-state index in [2.05, 4.69) is 0 Å². The molecular formula is C7H15ClF2N2. The molecule has 0 aromatic carbocycles. The molecule has 1 aliphatic heterocycles. The standard InChI is InChI=1S/C7H14F2N2.ClH/c1-7(8,9)5-11-3-2-6(10)4-11;/h6H,2-5,10H2,1H3;1H. The van der Waals surface area contributed by atoms with E-state index in [0.717, 1.165) is 13.3 Å². The molecule has 0 aliphatic carbocycles. The summed E-state index contributed by atoms with van der Waals surface area (Å²) in [6.07, 6.45) is 0.843. The lowest BCUT2D eigenvalue weighted by Crippen LogP contribution is -2.35. The summed E-state index contributed by atoms with van der Waals surface area (Å²) in [5.41, 5.74) is 5.56. The fourth-order valence-electron chi connectivity index (χ4n) is 1.40. The Morgan fingerprint density at radius 2 is 2.17 bits per heavy atom. The molecule has 2 nitrogen and oxygen atoms in total. The maximum atomic E-state index is 12.4. The van der Waals surface area contributed by atoms with Gasteiger partial charge in [-0.2, -0.15) is 0 Å². The number of nitrogens with zero attached hydrogens (tertiary/aromatic N) is 1. The lowest BCUT2D eigenvalue weighted by molar-refractivity contribution is -0.00878. The van der Waals surface area contributed by atoms with Gasteiger partial charge in [-0.3, -0.25) is 4.90 Å². The topological polar surface area (TPSA) is 29.3 Å². The molecule has 0 aromatic rings. The highest BCUT2D eigenvalue weighted by Crippen LogP contribution is 2.16. The van der Waals surface area contributed by atoms with Crippen molar-refractivity contribution in [3.8, 4) is 0 Å². The van der Waals surface area contributed by atoms with Crippen LogP contribution in [0.5, 0.6) is 0 Å². The SMILES string of the molecule is CC(F)(F)CN1CCC(N)C1.Cl. The predicted molar refractivity (Wildman–Crippen MR) is 46.9 cm³/mol. The highest BCUT2D eigenvalue weighted by molar-refractivity contribution is 5.85. The van der Waals surface area contributed by atoms with Crippen LogP contribution in [-0.2, 0) is 0 Å². The van der Waals surface area contributed by atoms with Gasteiger partial charge in [0.05, 0.1) is 6.54 Å². The summed E-state index contributed by atoms with van der Waals surface area (Å²) in [4.78, 5) is 1.71. The van der Waals surface area contributed by atoms with Crippen LogP contribution in [0.1, 0.15) is 13.3 Å². The molecule has 1 rings (SSSR count). The van der Waals surface area contributed by atoms with E-state index < -0.39 is 5.92 Å². The fourth-order valence-corrected chi connectivity index (χ4v) is 1.40. The first-order valence-electron chi connectivity index (χ1n) is 3.83. The maximum absolute atomic E-state index is 12.4. The van der Waals surface area contributed by atoms with Crippen molar-refractivity contribution < 1.29 is 8.78 Å². The second kappa shape index (κ2) is 4.35. The van der Waals surface area contributed by atoms with Crippen LogP contribution in [0, 0.1) is 0 Å². The molecule has 1 atom stereocenters. The molecule has 1 aliphatic rings. The normalized spacial score (nSPS) is 25.5. The van der Waals surface area contributed by atoms with Gasteiger partial charge in [0, 0.05) is 19.5 Å². The van der Waals surface area contributed by atoms with Crippen molar-refractivity contribution in [2.24, 2.45) is 5.73 Å². The fraction of sp³-hybridized carbons (Fsp3) is 1.00. The molecule has 0 aromatic heterocycles. The Morgan fingerprint density at radius 3 is 2.50 bits per heavy atom. The summed E-state index contributed by atoms with van der Waals surface area (Å²) in [5, 5.41) is 0. The van der Waals surface area contributed by atoms with Crippen LogP contribution >= 0.6 is 12.4 Å². The number of hydrogen-bond donors (Lipinski definition) is 1. The van der Waals surface area contributed by atoms with Crippen LogP contribution < -0.4 is 5.73 Å². The summed E-state index contributed by atoms with van der Waals surface area (Å²) in [6, 6.07) is 0.0948. The molecule has 0 saturated carbocycles. The van der Waals surface area contributed by atoms with Gasteiger partial charge in [-0.1, -0.05) is 0 Å². The van der Waals surface area contributed by atoms with Gasteiger partial charge in [-0.25, -0.2) is 8.78 Å². The monoisotopic (exact) mass is 200 g/mol. The minimum Gasteiger partial charge on any atom is -0.326 e. The maximum Gasteiger partial charge on any atom is 0.257 e. The number of likely N-dealkylation sites (tertiary alicyclic amines) is 1. The van der Waals surface area contributed by atoms with E-state index in [1.54, 1.807) is 4.90 Å². The number of halogens is 3. The summed E-state index contributed by atoms with van der Waals surface area (Å²) in [6.45, 7) is 2.12. The first-order valence-corrected chi connectivity index (χ1v) is 3.83. The molecule has 5 heteroatoms. The van der Waals surface area contributed by atoms with E-state index in [1.165, 1.54) is 0 Å². The van der Waals surface area contributed by atoms with Crippen molar-refractivity contribution >= 4 is 12.4 Å². The molecule has 12 heavy (non-hydrogen) atoms. The zero-order valence-corrected chi connectivity index (χ0v) is 7.91. The summed E-state index contributed by atoms with van der Waals surface area (Å²) >= 11 is 0. The smallest absolute Gasteiger partial charge is 0.257 e. The molecular weight excluding hydrogens is 186 g/mol. The molecule has 0 bridgehead atoms. The second-order valence-corrected chi connectivity index (χ2v) is 3.35. The Bertz CT molecular complexity index is 138. The van der Waals surface area contributed by atoms with Crippen molar-refractivity contribution in [1.82, 2.24) is 4.90 Å². The van der Waals surface area contributed by atoms with Crippen LogP contribution in [0.15, 0.2) is 0 Å². The van der Waals surface area contributed by atoms with Gasteiger partial charge < -0.3 is 5.73 Å². The molecule has 74 valence electrons. The van der Waals surface area contributed by atoms with Crippen LogP contribution in [0.4, 0.5) is 8.78 Å². The first-order chi connectivity index (χ1) is 4.97. The van der Waals surface area contributed by atoms with Crippen LogP contribution in [0.25, 0.3) is 0 Å². The summed E-state index contributed by atoms with van der Waals surface area (Å²) in [5.74, 6) is -2.58. The van der Waals surface area contributed by atoms with Gasteiger partial charge in [0.25, 0.3) is 5.92 Å². The van der Waals surface area contributed by atoms with Gasteiger partial charge in [-0.05, 0) is 13.0 Å². The van der Waals surface area contributed by atoms with E-state index in [1.807, 2.05) is 0 Å². The second-order valence-electron chi connectivity index (χ2n) is 3.35. The number of rotatable bonds is 2. The third-order valence-corrected chi connectivity index (χ3v) is 1.81. The van der Waals surface area contributed by atoms with E-state index in [-0.39, 0.29) is 25.0 Å². The Kier molecular flexibility index (Phi) is 4.37. The molecule has 1 unspecified atom stereocenters.